The molecule has 0 bridgehead atoms. The van der Waals surface area contributed by atoms with Crippen molar-refractivity contribution in [2.45, 2.75) is 12.6 Å². The van der Waals surface area contributed by atoms with Crippen molar-refractivity contribution in [1.82, 2.24) is 10.2 Å². The monoisotopic (exact) mass is 156 g/mol. The molecule has 2 aliphatic rings. The highest BCUT2D eigenvalue weighted by Crippen LogP contribution is 2.20. The summed E-state index contributed by atoms with van der Waals surface area (Å²) in [4.78, 5) is 2.37. The number of ether oxygens (including phenoxy) is 1. The van der Waals surface area contributed by atoms with Crippen molar-refractivity contribution in [3.05, 3.63) is 0 Å². The molecule has 2 fully saturated rings. The lowest BCUT2D eigenvalue weighted by Crippen LogP contribution is -2.33. The van der Waals surface area contributed by atoms with E-state index in [1.165, 1.54) is 19.5 Å². The Balaban J connectivity index is 1.85. The first-order chi connectivity index (χ1) is 5.36. The molecule has 3 heteroatoms. The second-order valence-corrected chi connectivity index (χ2v) is 3.56. The van der Waals surface area contributed by atoms with Gasteiger partial charge in [-0.15, -0.1) is 0 Å². The predicted octanol–water partition coefficient (Wildman–Crippen LogP) is -0.116. The third kappa shape index (κ3) is 1.55. The topological polar surface area (TPSA) is 24.5 Å². The molecule has 2 heterocycles. The second kappa shape index (κ2) is 3.09. The largest absolute Gasteiger partial charge is 0.362 e. The predicted molar refractivity (Wildman–Crippen MR) is 43.3 cm³/mol. The van der Waals surface area contributed by atoms with Gasteiger partial charge in [-0.3, -0.25) is 5.32 Å². The molecule has 2 saturated heterocycles. The quantitative estimate of drug-likeness (QED) is 0.573. The van der Waals surface area contributed by atoms with E-state index in [0.717, 1.165) is 19.1 Å². The van der Waals surface area contributed by atoms with Crippen LogP contribution in [0.3, 0.4) is 0 Å². The molecule has 0 spiro atoms. The Hall–Kier alpha value is -0.120. The van der Waals surface area contributed by atoms with Crippen LogP contribution in [-0.2, 0) is 4.74 Å². The van der Waals surface area contributed by atoms with E-state index in [1.807, 2.05) is 0 Å². The van der Waals surface area contributed by atoms with Crippen molar-refractivity contribution in [2.24, 2.45) is 5.92 Å². The summed E-state index contributed by atoms with van der Waals surface area (Å²) in [6.45, 7) is 4.35. The normalized spacial score (nSPS) is 40.1. The van der Waals surface area contributed by atoms with Crippen molar-refractivity contribution in [2.75, 3.05) is 33.3 Å². The van der Waals surface area contributed by atoms with Crippen LogP contribution in [0.2, 0.25) is 0 Å². The number of hydrogen-bond donors (Lipinski definition) is 1. The number of likely N-dealkylation sites (tertiary alicyclic amines) is 1. The molecule has 11 heavy (non-hydrogen) atoms. The molecule has 0 radical (unpaired) electrons. The molecule has 2 aliphatic heterocycles. The van der Waals surface area contributed by atoms with Crippen LogP contribution in [0, 0.1) is 5.92 Å². The standard InChI is InChI=1S/C8H16N2O/c1-10-4-2-7(6-10)8-9-3-5-11-8/h7-9H,2-6H2,1H3. The average molecular weight is 156 g/mol. The fourth-order valence-electron chi connectivity index (χ4n) is 1.96. The lowest BCUT2D eigenvalue weighted by atomic mass is 10.1. The van der Waals surface area contributed by atoms with Crippen molar-refractivity contribution in [1.29, 1.82) is 0 Å². The number of rotatable bonds is 1. The zero-order valence-corrected chi connectivity index (χ0v) is 7.05. The first kappa shape index (κ1) is 7.53. The van der Waals surface area contributed by atoms with E-state index < -0.39 is 0 Å². The Morgan fingerprint density at radius 3 is 3.00 bits per heavy atom. The van der Waals surface area contributed by atoms with Gasteiger partial charge in [0.05, 0.1) is 6.61 Å². The lowest BCUT2D eigenvalue weighted by Gasteiger charge is -2.17. The minimum atomic E-state index is 0.347. The molecular weight excluding hydrogens is 140 g/mol. The van der Waals surface area contributed by atoms with Gasteiger partial charge in [0.25, 0.3) is 0 Å². The van der Waals surface area contributed by atoms with Crippen LogP contribution in [0.15, 0.2) is 0 Å². The van der Waals surface area contributed by atoms with E-state index in [0.29, 0.717) is 6.23 Å². The summed E-state index contributed by atoms with van der Waals surface area (Å²) < 4.78 is 5.55. The molecule has 64 valence electrons. The Morgan fingerprint density at radius 1 is 1.55 bits per heavy atom. The first-order valence-electron chi connectivity index (χ1n) is 4.40. The van der Waals surface area contributed by atoms with Crippen molar-refractivity contribution in [3.63, 3.8) is 0 Å². The van der Waals surface area contributed by atoms with Gasteiger partial charge >= 0.3 is 0 Å². The van der Waals surface area contributed by atoms with Gasteiger partial charge in [0, 0.05) is 19.0 Å². The van der Waals surface area contributed by atoms with Crippen molar-refractivity contribution >= 4 is 0 Å². The number of hydrogen-bond acceptors (Lipinski definition) is 3. The maximum absolute atomic E-state index is 5.55. The van der Waals surface area contributed by atoms with Crippen LogP contribution in [0.5, 0.6) is 0 Å². The molecule has 0 aromatic rings. The summed E-state index contributed by atoms with van der Waals surface area (Å²) in [5.74, 6) is 0.725. The van der Waals surface area contributed by atoms with Gasteiger partial charge in [-0.05, 0) is 20.0 Å². The van der Waals surface area contributed by atoms with Gasteiger partial charge in [0.1, 0.15) is 6.23 Å². The molecular formula is C8H16N2O. The number of nitrogens with zero attached hydrogens (tertiary/aromatic N) is 1. The van der Waals surface area contributed by atoms with Crippen molar-refractivity contribution < 1.29 is 4.74 Å². The minimum Gasteiger partial charge on any atom is -0.362 e. The van der Waals surface area contributed by atoms with Crippen LogP contribution >= 0.6 is 0 Å². The fourth-order valence-corrected chi connectivity index (χ4v) is 1.96. The zero-order valence-electron chi connectivity index (χ0n) is 7.05. The van der Waals surface area contributed by atoms with Gasteiger partial charge in [0.15, 0.2) is 0 Å². The average Bonchev–Trinajstić information content (AvgIpc) is 2.55. The van der Waals surface area contributed by atoms with Gasteiger partial charge in [-0.1, -0.05) is 0 Å². The van der Waals surface area contributed by atoms with Crippen LogP contribution in [0.4, 0.5) is 0 Å². The van der Waals surface area contributed by atoms with E-state index in [9.17, 15) is 0 Å². The Kier molecular flexibility index (Phi) is 2.11. The summed E-state index contributed by atoms with van der Waals surface area (Å²) in [5.41, 5.74) is 0. The third-order valence-electron chi connectivity index (χ3n) is 2.60. The van der Waals surface area contributed by atoms with Gasteiger partial charge in [-0.2, -0.15) is 0 Å². The second-order valence-electron chi connectivity index (χ2n) is 3.56. The van der Waals surface area contributed by atoms with E-state index in [2.05, 4.69) is 17.3 Å². The van der Waals surface area contributed by atoms with Gasteiger partial charge in [0.2, 0.25) is 0 Å². The van der Waals surface area contributed by atoms with Crippen LogP contribution in [0.25, 0.3) is 0 Å². The maximum Gasteiger partial charge on any atom is 0.112 e. The SMILES string of the molecule is CN1CCC(C2NCCO2)C1. The van der Waals surface area contributed by atoms with Gasteiger partial charge in [-0.25, -0.2) is 0 Å². The van der Waals surface area contributed by atoms with Gasteiger partial charge < -0.3 is 9.64 Å². The maximum atomic E-state index is 5.55. The molecule has 2 unspecified atom stereocenters. The smallest absolute Gasteiger partial charge is 0.112 e. The molecule has 2 rings (SSSR count). The molecule has 0 amide bonds. The van der Waals surface area contributed by atoms with E-state index in [1.54, 1.807) is 0 Å². The minimum absolute atomic E-state index is 0.347. The summed E-state index contributed by atoms with van der Waals surface area (Å²) in [5, 5.41) is 3.37. The van der Waals surface area contributed by atoms with Crippen LogP contribution in [0.1, 0.15) is 6.42 Å². The molecule has 0 aliphatic carbocycles. The zero-order chi connectivity index (χ0) is 7.68. The Morgan fingerprint density at radius 2 is 2.45 bits per heavy atom. The summed E-state index contributed by atoms with van der Waals surface area (Å²) in [6.07, 6.45) is 1.63. The molecule has 2 atom stereocenters. The van der Waals surface area contributed by atoms with Crippen LogP contribution in [-0.4, -0.2) is 44.4 Å². The first-order valence-corrected chi connectivity index (χ1v) is 4.40. The molecule has 1 N–H and O–H groups in total. The lowest BCUT2D eigenvalue weighted by molar-refractivity contribution is 0.0558. The Bertz CT molecular complexity index is 134. The third-order valence-corrected chi connectivity index (χ3v) is 2.60. The molecule has 3 nitrogen and oxygen atoms in total. The van der Waals surface area contributed by atoms with E-state index in [-0.39, 0.29) is 0 Å². The highest BCUT2D eigenvalue weighted by atomic mass is 16.5. The Labute approximate surface area is 67.7 Å². The van der Waals surface area contributed by atoms with Crippen molar-refractivity contribution in [3.8, 4) is 0 Å². The summed E-state index contributed by atoms with van der Waals surface area (Å²) in [7, 11) is 2.18. The number of nitrogens with one attached hydrogen (secondary N) is 1. The fraction of sp³-hybridized carbons (Fsp3) is 1.00. The summed E-state index contributed by atoms with van der Waals surface area (Å²) in [6, 6.07) is 0. The molecule has 0 aromatic carbocycles. The van der Waals surface area contributed by atoms with E-state index >= 15 is 0 Å². The highest BCUT2D eigenvalue weighted by Gasteiger charge is 2.30. The van der Waals surface area contributed by atoms with Crippen LogP contribution < -0.4 is 5.32 Å². The molecule has 0 saturated carbocycles. The molecule has 0 aromatic heterocycles. The highest BCUT2D eigenvalue weighted by molar-refractivity contribution is 4.80. The summed E-state index contributed by atoms with van der Waals surface area (Å²) >= 11 is 0. The van der Waals surface area contributed by atoms with E-state index in [4.69, 9.17) is 4.74 Å².